The van der Waals surface area contributed by atoms with Crippen LogP contribution in [0.15, 0.2) is 17.2 Å². The van der Waals surface area contributed by atoms with Crippen LogP contribution in [0.5, 0.6) is 0 Å². The summed E-state index contributed by atoms with van der Waals surface area (Å²) in [7, 11) is 0. The van der Waals surface area contributed by atoms with Crippen LogP contribution >= 0.6 is 0 Å². The molecule has 2 heterocycles. The highest BCUT2D eigenvalue weighted by Gasteiger charge is 2.38. The van der Waals surface area contributed by atoms with Crippen LogP contribution in [-0.2, 0) is 5.54 Å². The molecular formula is C16H26N4O. The molecule has 1 aromatic heterocycles. The van der Waals surface area contributed by atoms with Crippen molar-refractivity contribution in [1.29, 1.82) is 0 Å². The number of nitrogens with two attached hydrogens (primary N) is 1. The first-order valence-corrected chi connectivity index (χ1v) is 7.95. The van der Waals surface area contributed by atoms with E-state index in [9.17, 15) is 4.79 Å². The molecule has 0 amide bonds. The van der Waals surface area contributed by atoms with E-state index in [1.807, 2.05) is 20.8 Å². The molecule has 1 aliphatic heterocycles. The molecule has 2 fully saturated rings. The minimum Gasteiger partial charge on any atom is -0.351 e. The SMILES string of the molecule is CC(C)(C)n1ccnc(N2C[C@H]3CCC(N)C[C@H]3C2)c1=O. The van der Waals surface area contributed by atoms with E-state index in [0.29, 0.717) is 23.7 Å². The zero-order chi connectivity index (χ0) is 15.2. The molecule has 2 aliphatic rings. The van der Waals surface area contributed by atoms with Gasteiger partial charge in [-0.05, 0) is 51.9 Å². The van der Waals surface area contributed by atoms with Crippen molar-refractivity contribution in [2.45, 2.75) is 51.6 Å². The van der Waals surface area contributed by atoms with Crippen molar-refractivity contribution in [2.24, 2.45) is 17.6 Å². The number of hydrogen-bond acceptors (Lipinski definition) is 4. The molecule has 1 unspecified atom stereocenters. The second kappa shape index (κ2) is 5.13. The Bertz CT molecular complexity index is 574. The van der Waals surface area contributed by atoms with Gasteiger partial charge in [-0.25, -0.2) is 4.98 Å². The van der Waals surface area contributed by atoms with Gasteiger partial charge in [0.25, 0.3) is 5.56 Å². The predicted molar refractivity (Wildman–Crippen MR) is 84.5 cm³/mol. The van der Waals surface area contributed by atoms with Gasteiger partial charge in [-0.2, -0.15) is 0 Å². The maximum Gasteiger partial charge on any atom is 0.293 e. The molecule has 21 heavy (non-hydrogen) atoms. The lowest BCUT2D eigenvalue weighted by Crippen LogP contribution is -2.38. The Balaban J connectivity index is 1.87. The molecule has 0 radical (unpaired) electrons. The minimum absolute atomic E-state index is 0.0212. The van der Waals surface area contributed by atoms with E-state index in [4.69, 9.17) is 5.73 Å². The van der Waals surface area contributed by atoms with Gasteiger partial charge in [-0.1, -0.05) is 0 Å². The van der Waals surface area contributed by atoms with E-state index in [1.165, 1.54) is 6.42 Å². The van der Waals surface area contributed by atoms with E-state index in [0.717, 1.165) is 25.9 Å². The zero-order valence-electron chi connectivity index (χ0n) is 13.2. The van der Waals surface area contributed by atoms with Crippen molar-refractivity contribution >= 4 is 5.82 Å². The average molecular weight is 290 g/mol. The number of fused-ring (bicyclic) bond motifs is 1. The van der Waals surface area contributed by atoms with Gasteiger partial charge in [0.15, 0.2) is 5.82 Å². The van der Waals surface area contributed by atoms with Crippen molar-refractivity contribution in [1.82, 2.24) is 9.55 Å². The van der Waals surface area contributed by atoms with Crippen LogP contribution in [0.4, 0.5) is 5.82 Å². The Morgan fingerprint density at radius 1 is 1.24 bits per heavy atom. The van der Waals surface area contributed by atoms with Crippen molar-refractivity contribution in [3.05, 3.63) is 22.7 Å². The third kappa shape index (κ3) is 2.71. The summed E-state index contributed by atoms with van der Waals surface area (Å²) in [5.74, 6) is 1.91. The normalized spacial score (nSPS) is 29.5. The van der Waals surface area contributed by atoms with Gasteiger partial charge in [0.2, 0.25) is 0 Å². The number of nitrogens with zero attached hydrogens (tertiary/aromatic N) is 3. The summed E-state index contributed by atoms with van der Waals surface area (Å²) in [6.07, 6.45) is 6.91. The molecule has 0 spiro atoms. The molecule has 116 valence electrons. The topological polar surface area (TPSA) is 64.2 Å². The third-order valence-corrected chi connectivity index (χ3v) is 4.94. The quantitative estimate of drug-likeness (QED) is 0.852. The first kappa shape index (κ1) is 14.6. The largest absolute Gasteiger partial charge is 0.351 e. The maximum atomic E-state index is 12.7. The first-order chi connectivity index (χ1) is 9.86. The monoisotopic (exact) mass is 290 g/mol. The van der Waals surface area contributed by atoms with E-state index in [1.54, 1.807) is 17.0 Å². The van der Waals surface area contributed by atoms with Crippen molar-refractivity contribution < 1.29 is 0 Å². The fraction of sp³-hybridized carbons (Fsp3) is 0.750. The number of hydrogen-bond donors (Lipinski definition) is 1. The molecule has 1 aromatic rings. The summed E-state index contributed by atoms with van der Waals surface area (Å²) in [5, 5.41) is 0. The van der Waals surface area contributed by atoms with Gasteiger partial charge in [0.1, 0.15) is 0 Å². The Morgan fingerprint density at radius 2 is 1.95 bits per heavy atom. The fourth-order valence-corrected chi connectivity index (χ4v) is 3.79. The van der Waals surface area contributed by atoms with Crippen LogP contribution in [0.2, 0.25) is 0 Å². The molecule has 1 saturated carbocycles. The summed E-state index contributed by atoms with van der Waals surface area (Å²) in [5.41, 5.74) is 5.89. The van der Waals surface area contributed by atoms with Crippen LogP contribution < -0.4 is 16.2 Å². The Morgan fingerprint density at radius 3 is 2.67 bits per heavy atom. The van der Waals surface area contributed by atoms with Gasteiger partial charge in [0.05, 0.1) is 0 Å². The van der Waals surface area contributed by atoms with Crippen LogP contribution in [0.25, 0.3) is 0 Å². The molecular weight excluding hydrogens is 264 g/mol. The highest BCUT2D eigenvalue weighted by molar-refractivity contribution is 5.38. The lowest BCUT2D eigenvalue weighted by Gasteiger charge is -2.27. The highest BCUT2D eigenvalue weighted by atomic mass is 16.1. The molecule has 1 saturated heterocycles. The third-order valence-electron chi connectivity index (χ3n) is 4.94. The molecule has 5 heteroatoms. The molecule has 1 aliphatic carbocycles. The van der Waals surface area contributed by atoms with E-state index < -0.39 is 0 Å². The van der Waals surface area contributed by atoms with E-state index >= 15 is 0 Å². The number of rotatable bonds is 1. The van der Waals surface area contributed by atoms with Crippen molar-refractivity contribution in [3.63, 3.8) is 0 Å². The lowest BCUT2D eigenvalue weighted by molar-refractivity contribution is 0.271. The summed E-state index contributed by atoms with van der Waals surface area (Å²) in [4.78, 5) is 19.3. The minimum atomic E-state index is -0.219. The van der Waals surface area contributed by atoms with Gasteiger partial charge in [-0.3, -0.25) is 4.79 Å². The van der Waals surface area contributed by atoms with Gasteiger partial charge in [-0.15, -0.1) is 0 Å². The van der Waals surface area contributed by atoms with Gasteiger partial charge in [0, 0.05) is 37.1 Å². The van der Waals surface area contributed by atoms with Gasteiger partial charge < -0.3 is 15.2 Å². The van der Waals surface area contributed by atoms with Crippen LogP contribution in [0, 0.1) is 11.8 Å². The Hall–Kier alpha value is -1.36. The summed E-state index contributed by atoms with van der Waals surface area (Å²) < 4.78 is 1.78. The summed E-state index contributed by atoms with van der Waals surface area (Å²) in [6.45, 7) is 8.01. The lowest BCUT2D eigenvalue weighted by atomic mass is 9.79. The Labute approximate surface area is 126 Å². The average Bonchev–Trinajstić information content (AvgIpc) is 2.80. The van der Waals surface area contributed by atoms with Crippen molar-refractivity contribution in [2.75, 3.05) is 18.0 Å². The van der Waals surface area contributed by atoms with Gasteiger partial charge >= 0.3 is 0 Å². The van der Waals surface area contributed by atoms with Crippen molar-refractivity contribution in [3.8, 4) is 0 Å². The molecule has 3 atom stereocenters. The molecule has 0 bridgehead atoms. The predicted octanol–water partition coefficient (Wildman–Crippen LogP) is 1.56. The zero-order valence-corrected chi connectivity index (χ0v) is 13.2. The van der Waals surface area contributed by atoms with E-state index in [2.05, 4.69) is 9.88 Å². The second-order valence-corrected chi connectivity index (χ2v) is 7.60. The second-order valence-electron chi connectivity index (χ2n) is 7.60. The number of anilines is 1. The van der Waals surface area contributed by atoms with Crippen LogP contribution in [0.3, 0.4) is 0 Å². The van der Waals surface area contributed by atoms with E-state index in [-0.39, 0.29) is 11.1 Å². The maximum absolute atomic E-state index is 12.7. The molecule has 2 N–H and O–H groups in total. The number of aromatic nitrogens is 2. The highest BCUT2D eigenvalue weighted by Crippen LogP contribution is 2.36. The molecule has 3 rings (SSSR count). The van der Waals surface area contributed by atoms with Crippen LogP contribution in [0.1, 0.15) is 40.0 Å². The summed E-state index contributed by atoms with van der Waals surface area (Å²) >= 11 is 0. The first-order valence-electron chi connectivity index (χ1n) is 7.95. The smallest absolute Gasteiger partial charge is 0.293 e. The molecule has 5 nitrogen and oxygen atoms in total. The molecule has 0 aromatic carbocycles. The van der Waals surface area contributed by atoms with Crippen LogP contribution in [-0.4, -0.2) is 28.7 Å². The standard InChI is InChI=1S/C16H26N4O/c1-16(2,3)20-7-6-18-14(15(20)21)19-9-11-4-5-13(17)8-12(11)10-19/h6-7,11-13H,4-5,8-10,17H2,1-3H3/t11-,12+,13?/m1/s1. The fourth-order valence-electron chi connectivity index (χ4n) is 3.79. The summed E-state index contributed by atoms with van der Waals surface area (Å²) in [6, 6.07) is 0.334. The Kier molecular flexibility index (Phi) is 3.56.